The summed E-state index contributed by atoms with van der Waals surface area (Å²) in [4.78, 5) is 0. The van der Waals surface area contributed by atoms with Crippen molar-refractivity contribution in [1.82, 2.24) is 0 Å². The van der Waals surface area contributed by atoms with E-state index < -0.39 is 0 Å². The first kappa shape index (κ1) is 50.7. The Bertz CT molecular complexity index is 11.6. The summed E-state index contributed by atoms with van der Waals surface area (Å²) in [5.74, 6) is 0. The van der Waals surface area contributed by atoms with E-state index in [1.54, 1.807) is 0 Å². The van der Waals surface area contributed by atoms with Crippen LogP contribution in [0.5, 0.6) is 0 Å². The Kier molecular flexibility index (Phi) is 318. The van der Waals surface area contributed by atoms with Gasteiger partial charge in [-0.25, -0.2) is 0 Å². The van der Waals surface area contributed by atoms with Gasteiger partial charge in [0.25, 0.3) is 0 Å². The molecule has 0 bridgehead atoms. The van der Waals surface area contributed by atoms with Crippen LogP contribution in [0.1, 0.15) is 0 Å². The van der Waals surface area contributed by atoms with E-state index >= 15 is 0 Å². The molecule has 0 unspecified atom stereocenters. The van der Waals surface area contributed by atoms with Gasteiger partial charge in [0.15, 0.2) is 0 Å². The Morgan fingerprint density at radius 1 is 1.00 bits per heavy atom. The fraction of sp³-hybridized carbons (Fsp3) is 0. The molecule has 5 heavy (non-hydrogen) atoms. The molecule has 5 heteroatoms. The van der Waals surface area contributed by atoms with Crippen LogP contribution in [0.4, 0.5) is 0 Å². The molecule has 0 rings (SSSR count). The summed E-state index contributed by atoms with van der Waals surface area (Å²) in [7, 11) is 0. The standard InChI is InChI=1S/Cr.Fe.Mn.H3Si.Ti/h;;;1H3;. The Labute approximate surface area is 83.2 Å². The molecule has 0 saturated heterocycles. The van der Waals surface area contributed by atoms with Gasteiger partial charge in [-0.2, -0.15) is 0 Å². The van der Waals surface area contributed by atoms with E-state index in [4.69, 9.17) is 0 Å². The van der Waals surface area contributed by atoms with Crippen LogP contribution in [-0.2, 0) is 73.2 Å². The van der Waals surface area contributed by atoms with E-state index in [0.717, 1.165) is 0 Å². The normalized spacial score (nSPS) is 0. The minimum atomic E-state index is 0. The van der Waals surface area contributed by atoms with Crippen molar-refractivity contribution in [3.8, 4) is 0 Å². The Hall–Kier alpha value is 2.50. The summed E-state index contributed by atoms with van der Waals surface area (Å²) in [5.41, 5.74) is 0. The van der Waals surface area contributed by atoms with E-state index in [2.05, 4.69) is 0 Å². The van der Waals surface area contributed by atoms with Crippen LogP contribution in [-0.4, -0.2) is 11.0 Å². The predicted octanol–water partition coefficient (Wildman–Crippen LogP) is -1.19. The monoisotopic (exact) mass is 242 g/mol. The van der Waals surface area contributed by atoms with Crippen molar-refractivity contribution in [3.05, 3.63) is 0 Å². The maximum absolute atomic E-state index is 0. The van der Waals surface area contributed by atoms with Crippen LogP contribution in [0.3, 0.4) is 0 Å². The smallest absolute Gasteiger partial charge is 0 e. The molecule has 0 aliphatic carbocycles. The van der Waals surface area contributed by atoms with Crippen molar-refractivity contribution in [2.75, 3.05) is 0 Å². The molecule has 2 radical (unpaired) electrons. The SMILES string of the molecule is [Cr].[Fe].[Mn].[SiH3].[Ti]. The number of rotatable bonds is 0. The molecular formula is H3CrFeMnSiTi. The van der Waals surface area contributed by atoms with Gasteiger partial charge in [-0.1, -0.05) is 0 Å². The van der Waals surface area contributed by atoms with Gasteiger partial charge in [-0.05, 0) is 11.0 Å². The molecule has 0 aliphatic rings. The summed E-state index contributed by atoms with van der Waals surface area (Å²) < 4.78 is 0. The van der Waals surface area contributed by atoms with E-state index in [1.165, 1.54) is 0 Å². The van der Waals surface area contributed by atoms with Crippen molar-refractivity contribution < 1.29 is 73.2 Å². The van der Waals surface area contributed by atoms with Gasteiger partial charge in [0.2, 0.25) is 0 Å². The minimum absolute atomic E-state index is 0. The summed E-state index contributed by atoms with van der Waals surface area (Å²) in [6.07, 6.45) is 0. The maximum atomic E-state index is 0. The fourth-order valence-corrected chi connectivity index (χ4v) is 0. The second-order valence-corrected chi connectivity index (χ2v) is 0. The molecule has 32 valence electrons. The first-order chi connectivity index (χ1) is 0. The summed E-state index contributed by atoms with van der Waals surface area (Å²) in [5, 5.41) is 0. The third kappa shape index (κ3) is 21.0. The van der Waals surface area contributed by atoms with Crippen LogP contribution >= 0.6 is 0 Å². The van der Waals surface area contributed by atoms with Crippen LogP contribution in [0.2, 0.25) is 0 Å². The molecule has 0 amide bonds. The fourth-order valence-electron chi connectivity index (χ4n) is 0. The Morgan fingerprint density at radius 3 is 1.00 bits per heavy atom. The molecule has 0 atom stereocenters. The van der Waals surface area contributed by atoms with Crippen LogP contribution < -0.4 is 0 Å². The van der Waals surface area contributed by atoms with Gasteiger partial charge in [-0.3, -0.25) is 0 Å². The van der Waals surface area contributed by atoms with Crippen LogP contribution in [0.15, 0.2) is 0 Å². The number of hydrogen-bond acceptors (Lipinski definition) is 0. The van der Waals surface area contributed by atoms with Gasteiger partial charge in [0.05, 0.1) is 0 Å². The average Bonchev–Trinajstić information content (AvgIpc) is 0. The van der Waals surface area contributed by atoms with E-state index in [-0.39, 0.29) is 84.2 Å². The molecule has 0 spiro atoms. The molecule has 0 fully saturated rings. The predicted molar refractivity (Wildman–Crippen MR) is 9.94 cm³/mol. The first-order valence-electron chi connectivity index (χ1n) is 0. The van der Waals surface area contributed by atoms with Crippen LogP contribution in [0.25, 0.3) is 0 Å². The molecule has 0 aromatic rings. The molecule has 0 nitrogen and oxygen atoms in total. The zero-order valence-corrected chi connectivity index (χ0v) is 9.76. The van der Waals surface area contributed by atoms with Gasteiger partial charge in [0.1, 0.15) is 0 Å². The second kappa shape index (κ2) is 31.4. The van der Waals surface area contributed by atoms with E-state index in [0.29, 0.717) is 0 Å². The maximum Gasteiger partial charge on any atom is 0 e. The zero-order chi connectivity index (χ0) is 0. The van der Waals surface area contributed by atoms with Crippen molar-refractivity contribution in [3.63, 3.8) is 0 Å². The zero-order valence-electron chi connectivity index (χ0n) is 2.64. The van der Waals surface area contributed by atoms with Crippen molar-refractivity contribution in [2.24, 2.45) is 0 Å². The summed E-state index contributed by atoms with van der Waals surface area (Å²) in [6, 6.07) is 0. The van der Waals surface area contributed by atoms with E-state index in [1.807, 2.05) is 0 Å². The topological polar surface area (TPSA) is 0 Å². The van der Waals surface area contributed by atoms with Crippen molar-refractivity contribution in [1.29, 1.82) is 0 Å². The van der Waals surface area contributed by atoms with Gasteiger partial charge in [-0.15, -0.1) is 0 Å². The van der Waals surface area contributed by atoms with Gasteiger partial charge >= 0.3 is 0 Å². The summed E-state index contributed by atoms with van der Waals surface area (Å²) >= 11 is 0. The third-order valence-corrected chi connectivity index (χ3v) is 0. The molecule has 0 aromatic heterocycles. The van der Waals surface area contributed by atoms with Crippen molar-refractivity contribution in [2.45, 2.75) is 0 Å². The van der Waals surface area contributed by atoms with E-state index in [9.17, 15) is 0 Å². The van der Waals surface area contributed by atoms with Crippen molar-refractivity contribution >= 4 is 11.0 Å². The quantitative estimate of drug-likeness (QED) is 0.468. The van der Waals surface area contributed by atoms with Crippen LogP contribution in [0, 0.1) is 0 Å². The number of hydrogen-bond donors (Lipinski definition) is 0. The Morgan fingerprint density at radius 2 is 1.00 bits per heavy atom. The molecule has 0 aliphatic heterocycles. The minimum Gasteiger partial charge on any atom is -0.0125 e. The molecule has 0 aromatic carbocycles. The van der Waals surface area contributed by atoms with Gasteiger partial charge in [0, 0.05) is 73.2 Å². The average molecular weight is 242 g/mol. The first-order valence-corrected chi connectivity index (χ1v) is 0. The van der Waals surface area contributed by atoms with Gasteiger partial charge < -0.3 is 0 Å². The largest absolute Gasteiger partial charge is 0.0125 e. The summed E-state index contributed by atoms with van der Waals surface area (Å²) in [6.45, 7) is 0. The molecule has 0 N–H and O–H groups in total. The second-order valence-electron chi connectivity index (χ2n) is 0. The molecule has 0 saturated carbocycles. The third-order valence-electron chi connectivity index (χ3n) is 0. The Balaban J connectivity index is 0. The molecular weight excluding hydrogens is 239 g/mol. The molecule has 0 heterocycles.